The summed E-state index contributed by atoms with van der Waals surface area (Å²) in [6, 6.07) is 0. The van der Waals surface area contributed by atoms with Gasteiger partial charge in [0.1, 0.15) is 9.98 Å². The maximum absolute atomic E-state index is 11.9. The van der Waals surface area contributed by atoms with E-state index in [0.717, 1.165) is 51.4 Å². The zero-order valence-corrected chi connectivity index (χ0v) is 20.0. The SMILES string of the molecule is CCCCCCCC(=O)C(=O)CNC(=S)C(=S)NCC(=O)C(=O)CCCCCCC. The molecule has 2 N–H and O–H groups in total. The predicted octanol–water partition coefficient (Wildman–Crippen LogP) is 3.82. The molecular weight excluding hydrogens is 420 g/mol. The van der Waals surface area contributed by atoms with E-state index in [1.807, 2.05) is 0 Å². The standard InChI is InChI=1S/C22H36N2O4S2/c1-3-5-7-9-11-13-17(25)19(27)15-23-21(29)22(30)24-16-20(28)18(26)14-12-10-8-6-4-2/h3-16H2,1-2H3,(H,23,29)(H,24,30). The minimum Gasteiger partial charge on any atom is -0.366 e. The van der Waals surface area contributed by atoms with Crippen molar-refractivity contribution in [2.45, 2.75) is 90.9 Å². The van der Waals surface area contributed by atoms with Crippen LogP contribution in [0.4, 0.5) is 0 Å². The lowest BCUT2D eigenvalue weighted by molar-refractivity contribution is -0.136. The maximum atomic E-state index is 11.9. The Balaban J connectivity index is 4.02. The van der Waals surface area contributed by atoms with Gasteiger partial charge in [-0.15, -0.1) is 0 Å². The average Bonchev–Trinajstić information content (AvgIpc) is 2.74. The van der Waals surface area contributed by atoms with Crippen molar-refractivity contribution in [1.29, 1.82) is 0 Å². The number of hydrogen-bond donors (Lipinski definition) is 2. The molecule has 0 heterocycles. The summed E-state index contributed by atoms with van der Waals surface area (Å²) in [4.78, 5) is 47.6. The highest BCUT2D eigenvalue weighted by Gasteiger charge is 2.16. The quantitative estimate of drug-likeness (QED) is 0.183. The Labute approximate surface area is 191 Å². The molecule has 0 aromatic carbocycles. The van der Waals surface area contributed by atoms with Crippen molar-refractivity contribution in [2.24, 2.45) is 0 Å². The second-order valence-electron chi connectivity index (χ2n) is 7.39. The number of nitrogens with one attached hydrogen (secondary N) is 2. The fourth-order valence-electron chi connectivity index (χ4n) is 2.74. The van der Waals surface area contributed by atoms with Gasteiger partial charge in [-0.2, -0.15) is 0 Å². The largest absolute Gasteiger partial charge is 0.366 e. The van der Waals surface area contributed by atoms with Gasteiger partial charge in [0.05, 0.1) is 13.1 Å². The summed E-state index contributed by atoms with van der Waals surface area (Å²) in [5.74, 6) is -1.91. The van der Waals surface area contributed by atoms with Crippen molar-refractivity contribution in [1.82, 2.24) is 10.6 Å². The van der Waals surface area contributed by atoms with E-state index in [1.165, 1.54) is 0 Å². The van der Waals surface area contributed by atoms with E-state index < -0.39 is 23.1 Å². The van der Waals surface area contributed by atoms with Gasteiger partial charge in [-0.1, -0.05) is 89.6 Å². The average molecular weight is 457 g/mol. The van der Waals surface area contributed by atoms with Gasteiger partial charge in [-0.3, -0.25) is 19.2 Å². The molecule has 0 aliphatic rings. The second kappa shape index (κ2) is 18.2. The fourth-order valence-corrected chi connectivity index (χ4v) is 3.02. The number of rotatable bonds is 18. The Kier molecular flexibility index (Phi) is 17.3. The highest BCUT2D eigenvalue weighted by molar-refractivity contribution is 7.89. The summed E-state index contributed by atoms with van der Waals surface area (Å²) in [6.45, 7) is 3.79. The van der Waals surface area contributed by atoms with Crippen molar-refractivity contribution < 1.29 is 19.2 Å². The topological polar surface area (TPSA) is 92.3 Å². The van der Waals surface area contributed by atoms with Gasteiger partial charge in [0.15, 0.2) is 11.6 Å². The van der Waals surface area contributed by atoms with Crippen molar-refractivity contribution in [2.75, 3.05) is 13.1 Å². The van der Waals surface area contributed by atoms with Crippen LogP contribution in [0.25, 0.3) is 0 Å². The Morgan fingerprint density at radius 1 is 0.533 bits per heavy atom. The zero-order valence-electron chi connectivity index (χ0n) is 18.3. The van der Waals surface area contributed by atoms with Crippen molar-refractivity contribution in [3.63, 3.8) is 0 Å². The summed E-state index contributed by atoms with van der Waals surface area (Å²) in [6.07, 6.45) is 10.5. The summed E-state index contributed by atoms with van der Waals surface area (Å²) in [5.41, 5.74) is 0. The lowest BCUT2D eigenvalue weighted by atomic mass is 10.1. The number of Topliss-reactive ketones (excluding diaryl/α,β-unsaturated/α-hetero) is 4. The molecule has 0 saturated carbocycles. The molecule has 0 aromatic rings. The molecule has 0 fully saturated rings. The molecule has 170 valence electrons. The Morgan fingerprint density at radius 3 is 1.20 bits per heavy atom. The molecule has 0 aliphatic heterocycles. The third-order valence-electron chi connectivity index (χ3n) is 4.66. The van der Waals surface area contributed by atoms with Crippen LogP contribution in [0.15, 0.2) is 0 Å². The van der Waals surface area contributed by atoms with Gasteiger partial charge >= 0.3 is 0 Å². The normalized spacial score (nSPS) is 10.3. The van der Waals surface area contributed by atoms with E-state index in [0.29, 0.717) is 12.8 Å². The Bertz CT molecular complexity index is 554. The zero-order chi connectivity index (χ0) is 22.8. The van der Waals surface area contributed by atoms with Crippen LogP contribution in [0.3, 0.4) is 0 Å². The smallest absolute Gasteiger partial charge is 0.217 e. The van der Waals surface area contributed by atoms with Crippen LogP contribution in [0.1, 0.15) is 90.9 Å². The van der Waals surface area contributed by atoms with Gasteiger partial charge < -0.3 is 10.6 Å². The number of ketones is 4. The second-order valence-corrected chi connectivity index (χ2v) is 8.20. The number of unbranched alkanes of at least 4 members (excludes halogenated alkanes) is 8. The minimum atomic E-state index is -0.537. The van der Waals surface area contributed by atoms with E-state index in [2.05, 4.69) is 24.5 Å². The molecule has 0 radical (unpaired) electrons. The van der Waals surface area contributed by atoms with Crippen LogP contribution in [-0.2, 0) is 19.2 Å². The minimum absolute atomic E-state index is 0.0777. The molecule has 30 heavy (non-hydrogen) atoms. The number of carbonyl (C=O) groups excluding carboxylic acids is 4. The van der Waals surface area contributed by atoms with Gasteiger partial charge in [-0.25, -0.2) is 0 Å². The van der Waals surface area contributed by atoms with E-state index >= 15 is 0 Å². The first kappa shape index (κ1) is 28.5. The number of carbonyl (C=O) groups is 4. The highest BCUT2D eigenvalue weighted by atomic mass is 32.1. The number of thiocarbonyl (C=S) groups is 2. The molecule has 0 spiro atoms. The third-order valence-corrected chi connectivity index (χ3v) is 5.49. The molecule has 0 aliphatic carbocycles. The summed E-state index contributed by atoms with van der Waals surface area (Å²) in [5, 5.41) is 5.28. The van der Waals surface area contributed by atoms with Crippen molar-refractivity contribution in [3.05, 3.63) is 0 Å². The molecule has 8 heteroatoms. The van der Waals surface area contributed by atoms with Crippen LogP contribution >= 0.6 is 24.4 Å². The first-order chi connectivity index (χ1) is 14.3. The van der Waals surface area contributed by atoms with Crippen LogP contribution in [0.2, 0.25) is 0 Å². The van der Waals surface area contributed by atoms with Crippen LogP contribution in [0.5, 0.6) is 0 Å². The monoisotopic (exact) mass is 456 g/mol. The summed E-state index contributed by atoms with van der Waals surface area (Å²) < 4.78 is 0. The van der Waals surface area contributed by atoms with E-state index in [-0.39, 0.29) is 35.9 Å². The molecule has 0 amide bonds. The van der Waals surface area contributed by atoms with Gasteiger partial charge in [-0.05, 0) is 12.8 Å². The van der Waals surface area contributed by atoms with E-state index in [1.54, 1.807) is 0 Å². The van der Waals surface area contributed by atoms with Crippen LogP contribution in [0, 0.1) is 0 Å². The first-order valence-electron chi connectivity index (χ1n) is 11.0. The van der Waals surface area contributed by atoms with Gasteiger partial charge in [0, 0.05) is 12.8 Å². The van der Waals surface area contributed by atoms with Crippen molar-refractivity contribution >= 4 is 57.5 Å². The Hall–Kier alpha value is -1.54. The number of hydrogen-bond acceptors (Lipinski definition) is 6. The molecule has 0 bridgehead atoms. The van der Waals surface area contributed by atoms with Crippen LogP contribution < -0.4 is 10.6 Å². The molecule has 0 unspecified atom stereocenters. The maximum Gasteiger partial charge on any atom is 0.217 e. The summed E-state index contributed by atoms with van der Waals surface area (Å²) in [7, 11) is 0. The highest BCUT2D eigenvalue weighted by Crippen LogP contribution is 2.06. The fraction of sp³-hybridized carbons (Fsp3) is 0.727. The lowest BCUT2D eigenvalue weighted by Gasteiger charge is -2.10. The van der Waals surface area contributed by atoms with E-state index in [4.69, 9.17) is 24.4 Å². The molecule has 0 aromatic heterocycles. The Morgan fingerprint density at radius 2 is 0.867 bits per heavy atom. The van der Waals surface area contributed by atoms with E-state index in [9.17, 15) is 19.2 Å². The molecule has 0 rings (SSSR count). The molecule has 6 nitrogen and oxygen atoms in total. The third kappa shape index (κ3) is 14.4. The molecule has 0 atom stereocenters. The first-order valence-corrected chi connectivity index (χ1v) is 11.8. The molecule has 0 saturated heterocycles. The van der Waals surface area contributed by atoms with Crippen LogP contribution in [-0.4, -0.2) is 46.2 Å². The van der Waals surface area contributed by atoms with Crippen molar-refractivity contribution in [3.8, 4) is 0 Å². The summed E-state index contributed by atoms with van der Waals surface area (Å²) >= 11 is 10.1. The lowest BCUT2D eigenvalue weighted by Crippen LogP contribution is -2.43. The van der Waals surface area contributed by atoms with Gasteiger partial charge in [0.2, 0.25) is 11.6 Å². The predicted molar refractivity (Wildman–Crippen MR) is 128 cm³/mol. The molecular formula is C22H36N2O4S2. The van der Waals surface area contributed by atoms with Gasteiger partial charge in [0.25, 0.3) is 0 Å².